The van der Waals surface area contributed by atoms with E-state index in [1.165, 1.54) is 32.1 Å². The third kappa shape index (κ3) is 3.29. The minimum absolute atomic E-state index is 0.480. The molecule has 1 saturated carbocycles. The van der Waals surface area contributed by atoms with Crippen LogP contribution >= 0.6 is 34.2 Å². The molecule has 0 spiro atoms. The summed E-state index contributed by atoms with van der Waals surface area (Å²) < 4.78 is 6.06. The van der Waals surface area contributed by atoms with E-state index >= 15 is 0 Å². The van der Waals surface area contributed by atoms with Crippen LogP contribution in [0.15, 0.2) is 0 Å². The van der Waals surface area contributed by atoms with Crippen molar-refractivity contribution in [1.29, 1.82) is 0 Å². The van der Waals surface area contributed by atoms with Crippen LogP contribution in [0.3, 0.4) is 0 Å². The van der Waals surface area contributed by atoms with Crippen LogP contribution in [0.25, 0.3) is 0 Å². The zero-order valence-electron chi connectivity index (χ0n) is 9.88. The Labute approximate surface area is 120 Å². The average Bonchev–Trinajstić information content (AvgIpc) is 2.36. The Balaban J connectivity index is 2.27. The number of ether oxygens (including phenoxy) is 1. The maximum atomic E-state index is 6.16. The fourth-order valence-electron chi connectivity index (χ4n) is 2.26. The summed E-state index contributed by atoms with van der Waals surface area (Å²) in [6.07, 6.45) is 6.25. The topological polar surface area (TPSA) is 35.0 Å². The van der Waals surface area contributed by atoms with Crippen LogP contribution < -0.4 is 0 Å². The van der Waals surface area contributed by atoms with Crippen LogP contribution in [-0.2, 0) is 11.3 Å². The predicted molar refractivity (Wildman–Crippen MR) is 76.3 cm³/mol. The van der Waals surface area contributed by atoms with Crippen molar-refractivity contribution in [3.8, 4) is 0 Å². The van der Waals surface area contributed by atoms with Gasteiger partial charge in [-0.15, -0.1) is 0 Å². The number of methoxy groups -OCH3 is 1. The van der Waals surface area contributed by atoms with Crippen LogP contribution in [0.5, 0.6) is 0 Å². The Morgan fingerprint density at radius 3 is 2.65 bits per heavy atom. The van der Waals surface area contributed by atoms with E-state index < -0.39 is 0 Å². The highest BCUT2D eigenvalue weighted by molar-refractivity contribution is 14.1. The van der Waals surface area contributed by atoms with E-state index in [9.17, 15) is 0 Å². The van der Waals surface area contributed by atoms with Gasteiger partial charge < -0.3 is 4.74 Å². The maximum Gasteiger partial charge on any atom is 0.146 e. The molecular formula is C12H16ClIN2O. The molecule has 0 atom stereocenters. The summed E-state index contributed by atoms with van der Waals surface area (Å²) in [5.74, 6) is 1.39. The summed E-state index contributed by atoms with van der Waals surface area (Å²) in [5, 5.41) is 0.563. The highest BCUT2D eigenvalue weighted by atomic mass is 127. The molecule has 0 amide bonds. The second-order valence-corrected chi connectivity index (χ2v) is 5.84. The van der Waals surface area contributed by atoms with Crippen LogP contribution in [-0.4, -0.2) is 17.1 Å². The zero-order chi connectivity index (χ0) is 12.3. The Bertz CT molecular complexity index is 394. The lowest BCUT2D eigenvalue weighted by Crippen LogP contribution is -2.12. The second kappa shape index (κ2) is 6.29. The molecule has 1 aliphatic rings. The Morgan fingerprint density at radius 1 is 1.29 bits per heavy atom. The molecule has 5 heteroatoms. The van der Waals surface area contributed by atoms with E-state index in [0.29, 0.717) is 17.7 Å². The molecule has 1 aromatic heterocycles. The maximum absolute atomic E-state index is 6.16. The lowest BCUT2D eigenvalue weighted by atomic mass is 9.88. The summed E-state index contributed by atoms with van der Waals surface area (Å²) in [6, 6.07) is 0. The molecule has 1 aromatic rings. The predicted octanol–water partition coefficient (Wildman–Crippen LogP) is 3.93. The highest BCUT2D eigenvalue weighted by Gasteiger charge is 2.20. The van der Waals surface area contributed by atoms with E-state index in [2.05, 4.69) is 32.6 Å². The molecule has 0 unspecified atom stereocenters. The van der Waals surface area contributed by atoms with Crippen molar-refractivity contribution in [3.63, 3.8) is 0 Å². The third-order valence-corrected chi connectivity index (χ3v) is 4.87. The quantitative estimate of drug-likeness (QED) is 0.600. The van der Waals surface area contributed by atoms with Crippen LogP contribution in [0.4, 0.5) is 0 Å². The molecule has 3 nitrogen and oxygen atoms in total. The van der Waals surface area contributed by atoms with Gasteiger partial charge in [-0.3, -0.25) is 0 Å². The van der Waals surface area contributed by atoms with Gasteiger partial charge in [0.15, 0.2) is 0 Å². The van der Waals surface area contributed by atoms with E-state index in [1.807, 2.05) is 0 Å². The Hall–Kier alpha value is 0.0600. The monoisotopic (exact) mass is 366 g/mol. The summed E-state index contributed by atoms with van der Waals surface area (Å²) in [6.45, 7) is 0.500. The first-order chi connectivity index (χ1) is 8.22. The SMILES string of the molecule is COCc1nc(C2CCCCC2)nc(Cl)c1I. The average molecular weight is 367 g/mol. The van der Waals surface area contributed by atoms with Crippen molar-refractivity contribution in [1.82, 2.24) is 9.97 Å². The first-order valence-electron chi connectivity index (χ1n) is 5.93. The highest BCUT2D eigenvalue weighted by Crippen LogP contribution is 2.32. The second-order valence-electron chi connectivity index (χ2n) is 4.40. The zero-order valence-corrected chi connectivity index (χ0v) is 12.8. The Kier molecular flexibility index (Phi) is 4.99. The molecule has 0 aliphatic heterocycles. The molecular weight excluding hydrogens is 351 g/mol. The standard InChI is InChI=1S/C12H16ClIN2O/c1-17-7-9-10(14)11(13)16-12(15-9)8-5-3-2-4-6-8/h8H,2-7H2,1H3. The molecule has 1 fully saturated rings. The van der Waals surface area contributed by atoms with Gasteiger partial charge in [0.1, 0.15) is 11.0 Å². The van der Waals surface area contributed by atoms with Crippen molar-refractivity contribution in [2.24, 2.45) is 0 Å². The molecule has 1 aliphatic carbocycles. The van der Waals surface area contributed by atoms with Gasteiger partial charge in [-0.25, -0.2) is 9.97 Å². The van der Waals surface area contributed by atoms with Crippen molar-refractivity contribution in [2.75, 3.05) is 7.11 Å². The van der Waals surface area contributed by atoms with E-state index in [1.54, 1.807) is 7.11 Å². The van der Waals surface area contributed by atoms with Crippen LogP contribution in [0, 0.1) is 3.57 Å². The smallest absolute Gasteiger partial charge is 0.146 e. The molecule has 2 rings (SSSR count). The molecule has 0 radical (unpaired) electrons. The van der Waals surface area contributed by atoms with Crippen molar-refractivity contribution in [3.05, 3.63) is 20.2 Å². The fourth-order valence-corrected chi connectivity index (χ4v) is 2.85. The third-order valence-electron chi connectivity index (χ3n) is 3.15. The van der Waals surface area contributed by atoms with Gasteiger partial charge in [0, 0.05) is 13.0 Å². The molecule has 0 N–H and O–H groups in total. The molecule has 0 bridgehead atoms. The van der Waals surface area contributed by atoms with Crippen LogP contribution in [0.1, 0.15) is 49.5 Å². The minimum atomic E-state index is 0.480. The lowest BCUT2D eigenvalue weighted by Gasteiger charge is -2.21. The van der Waals surface area contributed by atoms with E-state index in [4.69, 9.17) is 16.3 Å². The number of aromatic nitrogens is 2. The summed E-state index contributed by atoms with van der Waals surface area (Å²) in [4.78, 5) is 9.05. The number of hydrogen-bond donors (Lipinski definition) is 0. The van der Waals surface area contributed by atoms with Gasteiger partial charge in [-0.1, -0.05) is 30.9 Å². The first-order valence-corrected chi connectivity index (χ1v) is 7.38. The van der Waals surface area contributed by atoms with E-state index in [-0.39, 0.29) is 0 Å². The lowest BCUT2D eigenvalue weighted by molar-refractivity contribution is 0.180. The first kappa shape index (κ1) is 13.5. The van der Waals surface area contributed by atoms with E-state index in [0.717, 1.165) is 15.1 Å². The Morgan fingerprint density at radius 2 is 2.00 bits per heavy atom. The van der Waals surface area contributed by atoms with Gasteiger partial charge in [0.25, 0.3) is 0 Å². The van der Waals surface area contributed by atoms with Gasteiger partial charge in [0.2, 0.25) is 0 Å². The largest absolute Gasteiger partial charge is 0.378 e. The molecule has 1 heterocycles. The van der Waals surface area contributed by atoms with Gasteiger partial charge in [-0.05, 0) is 35.4 Å². The molecule has 17 heavy (non-hydrogen) atoms. The number of nitrogens with zero attached hydrogens (tertiary/aromatic N) is 2. The van der Waals surface area contributed by atoms with Crippen molar-refractivity contribution in [2.45, 2.75) is 44.6 Å². The molecule has 94 valence electrons. The summed E-state index contributed by atoms with van der Waals surface area (Å²) in [5.41, 5.74) is 0.911. The van der Waals surface area contributed by atoms with Gasteiger partial charge in [-0.2, -0.15) is 0 Å². The van der Waals surface area contributed by atoms with Gasteiger partial charge in [0.05, 0.1) is 15.9 Å². The fraction of sp³-hybridized carbons (Fsp3) is 0.667. The van der Waals surface area contributed by atoms with Crippen LogP contribution in [0.2, 0.25) is 5.15 Å². The number of hydrogen-bond acceptors (Lipinski definition) is 3. The van der Waals surface area contributed by atoms with Crippen molar-refractivity contribution >= 4 is 34.2 Å². The number of rotatable bonds is 3. The number of halogens is 2. The summed E-state index contributed by atoms with van der Waals surface area (Å²) in [7, 11) is 1.67. The normalized spacial score (nSPS) is 17.4. The molecule has 0 aromatic carbocycles. The summed E-state index contributed by atoms with van der Waals surface area (Å²) >= 11 is 8.34. The molecule has 0 saturated heterocycles. The van der Waals surface area contributed by atoms with Gasteiger partial charge >= 0.3 is 0 Å². The van der Waals surface area contributed by atoms with Crippen molar-refractivity contribution < 1.29 is 4.74 Å². The minimum Gasteiger partial charge on any atom is -0.378 e.